The summed E-state index contributed by atoms with van der Waals surface area (Å²) in [6, 6.07) is 21.9. The van der Waals surface area contributed by atoms with Gasteiger partial charge in [-0.3, -0.25) is 9.59 Å². The largest absolute Gasteiger partial charge is 0.484 e. The highest BCUT2D eigenvalue weighted by atomic mass is 79.9. The number of carbonyl (C=O) groups is 2. The van der Waals surface area contributed by atoms with E-state index in [0.29, 0.717) is 17.7 Å². The zero-order chi connectivity index (χ0) is 25.4. The van der Waals surface area contributed by atoms with Crippen LogP contribution in [0.4, 0.5) is 4.39 Å². The van der Waals surface area contributed by atoms with Gasteiger partial charge in [0.05, 0.1) is 0 Å². The maximum atomic E-state index is 13.5. The molecule has 2 amide bonds. The minimum atomic E-state index is -0.789. The fourth-order valence-corrected chi connectivity index (χ4v) is 3.82. The predicted octanol–water partition coefficient (Wildman–Crippen LogP) is 5.52. The molecule has 0 radical (unpaired) electrons. The van der Waals surface area contributed by atoms with E-state index in [-0.39, 0.29) is 30.8 Å². The molecule has 0 aliphatic carbocycles. The molecule has 1 atom stereocenters. The molecular weight excluding hydrogens is 511 g/mol. The Bertz CT molecular complexity index is 1110. The standard InChI is InChI=1S/C28H30BrFN2O3/c1-28(2,3)31-27(34)25(17-20-7-5-4-6-8-20)32(18-21-9-13-23(30)14-10-21)26(33)19-35-24-15-11-22(29)12-16-24/h4-16,25H,17-19H2,1-3H3,(H,31,34)/t25-/m0/s1. The quantitative estimate of drug-likeness (QED) is 0.388. The van der Waals surface area contributed by atoms with Crippen LogP contribution in [0.3, 0.4) is 0 Å². The summed E-state index contributed by atoms with van der Waals surface area (Å²) < 4.78 is 20.1. The molecule has 3 rings (SSSR count). The average Bonchev–Trinajstić information content (AvgIpc) is 2.81. The fourth-order valence-electron chi connectivity index (χ4n) is 3.55. The normalized spacial score (nSPS) is 12.0. The zero-order valence-electron chi connectivity index (χ0n) is 20.1. The third-order valence-corrected chi connectivity index (χ3v) is 5.74. The molecule has 5 nitrogen and oxygen atoms in total. The van der Waals surface area contributed by atoms with Crippen LogP contribution < -0.4 is 10.1 Å². The summed E-state index contributed by atoms with van der Waals surface area (Å²) >= 11 is 3.38. The van der Waals surface area contributed by atoms with Crippen molar-refractivity contribution in [1.82, 2.24) is 10.2 Å². The Morgan fingerprint density at radius 2 is 1.57 bits per heavy atom. The van der Waals surface area contributed by atoms with Gasteiger partial charge in [0.25, 0.3) is 5.91 Å². The Morgan fingerprint density at radius 1 is 0.943 bits per heavy atom. The highest BCUT2D eigenvalue weighted by Gasteiger charge is 2.32. The van der Waals surface area contributed by atoms with Crippen molar-refractivity contribution in [2.24, 2.45) is 0 Å². The molecule has 3 aromatic rings. The minimum Gasteiger partial charge on any atom is -0.484 e. The summed E-state index contributed by atoms with van der Waals surface area (Å²) in [6.07, 6.45) is 0.327. The van der Waals surface area contributed by atoms with E-state index in [0.717, 1.165) is 10.0 Å². The Kier molecular flexibility index (Phi) is 9.04. The van der Waals surface area contributed by atoms with Crippen LogP contribution in [-0.4, -0.2) is 34.9 Å². The van der Waals surface area contributed by atoms with Crippen LogP contribution in [0, 0.1) is 5.82 Å². The summed E-state index contributed by atoms with van der Waals surface area (Å²) in [7, 11) is 0. The lowest BCUT2D eigenvalue weighted by atomic mass is 10.0. The first-order valence-corrected chi connectivity index (χ1v) is 12.2. The van der Waals surface area contributed by atoms with E-state index in [1.807, 2.05) is 63.2 Å². The second-order valence-electron chi connectivity index (χ2n) is 9.34. The number of benzene rings is 3. The monoisotopic (exact) mass is 540 g/mol. The second kappa shape index (κ2) is 12.0. The molecule has 0 saturated carbocycles. The smallest absolute Gasteiger partial charge is 0.261 e. The van der Waals surface area contributed by atoms with Gasteiger partial charge in [-0.2, -0.15) is 0 Å². The van der Waals surface area contributed by atoms with Gasteiger partial charge in [0.1, 0.15) is 17.6 Å². The number of nitrogens with zero attached hydrogens (tertiary/aromatic N) is 1. The molecular formula is C28H30BrFN2O3. The van der Waals surface area contributed by atoms with Crippen molar-refractivity contribution in [2.75, 3.05) is 6.61 Å². The van der Waals surface area contributed by atoms with Gasteiger partial charge in [0.2, 0.25) is 5.91 Å². The number of halogens is 2. The van der Waals surface area contributed by atoms with Crippen LogP contribution in [0.25, 0.3) is 0 Å². The van der Waals surface area contributed by atoms with Gasteiger partial charge >= 0.3 is 0 Å². The number of carbonyl (C=O) groups excluding carboxylic acids is 2. The zero-order valence-corrected chi connectivity index (χ0v) is 21.7. The van der Waals surface area contributed by atoms with E-state index in [2.05, 4.69) is 21.2 Å². The molecule has 0 saturated heterocycles. The van der Waals surface area contributed by atoms with Crippen molar-refractivity contribution in [3.63, 3.8) is 0 Å². The first kappa shape index (κ1) is 26.4. The molecule has 0 fully saturated rings. The maximum absolute atomic E-state index is 13.5. The Hall–Kier alpha value is -3.19. The topological polar surface area (TPSA) is 58.6 Å². The summed E-state index contributed by atoms with van der Waals surface area (Å²) in [6.45, 7) is 5.59. The van der Waals surface area contributed by atoms with Crippen LogP contribution >= 0.6 is 15.9 Å². The molecule has 0 aliphatic rings. The van der Waals surface area contributed by atoms with E-state index in [4.69, 9.17) is 4.74 Å². The molecule has 0 heterocycles. The van der Waals surface area contributed by atoms with Crippen LogP contribution in [0.1, 0.15) is 31.9 Å². The van der Waals surface area contributed by atoms with E-state index < -0.39 is 11.6 Å². The van der Waals surface area contributed by atoms with Gasteiger partial charge in [-0.1, -0.05) is 58.4 Å². The van der Waals surface area contributed by atoms with Gasteiger partial charge < -0.3 is 15.0 Å². The van der Waals surface area contributed by atoms with Gasteiger partial charge in [0.15, 0.2) is 6.61 Å². The van der Waals surface area contributed by atoms with E-state index in [1.54, 1.807) is 24.3 Å². The fraction of sp³-hybridized carbons (Fsp3) is 0.286. The van der Waals surface area contributed by atoms with Crippen molar-refractivity contribution >= 4 is 27.7 Å². The van der Waals surface area contributed by atoms with Crippen LogP contribution in [0.15, 0.2) is 83.3 Å². The summed E-state index contributed by atoms with van der Waals surface area (Å²) in [5.74, 6) is -0.429. The van der Waals surface area contributed by atoms with Gasteiger partial charge in [-0.25, -0.2) is 4.39 Å². The minimum absolute atomic E-state index is 0.137. The number of amides is 2. The molecule has 7 heteroatoms. The lowest BCUT2D eigenvalue weighted by molar-refractivity contribution is -0.143. The van der Waals surface area contributed by atoms with Gasteiger partial charge in [-0.05, 0) is 68.3 Å². The lowest BCUT2D eigenvalue weighted by Gasteiger charge is -2.33. The number of hydrogen-bond donors (Lipinski definition) is 1. The third kappa shape index (κ3) is 8.51. The number of ether oxygens (including phenoxy) is 1. The molecule has 35 heavy (non-hydrogen) atoms. The predicted molar refractivity (Wildman–Crippen MR) is 138 cm³/mol. The van der Waals surface area contributed by atoms with Crippen molar-refractivity contribution in [3.05, 3.63) is 100 Å². The highest BCUT2D eigenvalue weighted by molar-refractivity contribution is 9.10. The van der Waals surface area contributed by atoms with E-state index in [9.17, 15) is 14.0 Å². The summed E-state index contributed by atoms with van der Waals surface area (Å²) in [5, 5.41) is 3.01. The Morgan fingerprint density at radius 3 is 2.17 bits per heavy atom. The van der Waals surface area contributed by atoms with E-state index >= 15 is 0 Å². The van der Waals surface area contributed by atoms with Crippen LogP contribution in [0.5, 0.6) is 5.75 Å². The molecule has 0 unspecified atom stereocenters. The summed E-state index contributed by atoms with van der Waals surface area (Å²) in [5.41, 5.74) is 1.15. The first-order valence-electron chi connectivity index (χ1n) is 11.4. The Labute approximate surface area is 214 Å². The third-order valence-electron chi connectivity index (χ3n) is 5.21. The second-order valence-corrected chi connectivity index (χ2v) is 10.3. The van der Waals surface area contributed by atoms with Crippen molar-refractivity contribution in [3.8, 4) is 5.75 Å². The number of hydrogen-bond acceptors (Lipinski definition) is 3. The molecule has 3 aromatic carbocycles. The molecule has 0 aromatic heterocycles. The van der Waals surface area contributed by atoms with Crippen molar-refractivity contribution in [1.29, 1.82) is 0 Å². The number of rotatable bonds is 9. The SMILES string of the molecule is CC(C)(C)NC(=O)[C@H](Cc1ccccc1)N(Cc1ccc(F)cc1)C(=O)COc1ccc(Br)cc1. The maximum Gasteiger partial charge on any atom is 0.261 e. The van der Waals surface area contributed by atoms with E-state index in [1.165, 1.54) is 17.0 Å². The molecule has 0 spiro atoms. The number of nitrogens with one attached hydrogen (secondary N) is 1. The van der Waals surface area contributed by atoms with Crippen molar-refractivity contribution < 1.29 is 18.7 Å². The van der Waals surface area contributed by atoms with Gasteiger partial charge in [0, 0.05) is 23.0 Å². The van der Waals surface area contributed by atoms with Crippen molar-refractivity contribution in [2.45, 2.75) is 45.3 Å². The van der Waals surface area contributed by atoms with Crippen LogP contribution in [-0.2, 0) is 22.6 Å². The molecule has 0 bridgehead atoms. The molecule has 1 N–H and O–H groups in total. The van der Waals surface area contributed by atoms with Crippen LogP contribution in [0.2, 0.25) is 0 Å². The first-order chi connectivity index (χ1) is 16.6. The highest BCUT2D eigenvalue weighted by Crippen LogP contribution is 2.19. The molecule has 184 valence electrons. The Balaban J connectivity index is 1.91. The summed E-state index contributed by atoms with van der Waals surface area (Å²) in [4.78, 5) is 28.5. The molecule has 0 aliphatic heterocycles. The average molecular weight is 541 g/mol. The lowest BCUT2D eigenvalue weighted by Crippen LogP contribution is -2.55. The van der Waals surface area contributed by atoms with Gasteiger partial charge in [-0.15, -0.1) is 0 Å².